The van der Waals surface area contributed by atoms with Crippen molar-refractivity contribution in [1.29, 1.82) is 0 Å². The number of ether oxygens (including phenoxy) is 2. The highest BCUT2D eigenvalue weighted by Crippen LogP contribution is 2.32. The molecule has 0 aromatic carbocycles. The van der Waals surface area contributed by atoms with Crippen molar-refractivity contribution in [3.63, 3.8) is 0 Å². The second-order valence-electron chi connectivity index (χ2n) is 9.66. The minimum absolute atomic E-state index is 0.0567. The molecule has 3 aliphatic heterocycles. The molecule has 8 nitrogen and oxygen atoms in total. The van der Waals surface area contributed by atoms with E-state index in [4.69, 9.17) is 9.47 Å². The Morgan fingerprint density at radius 1 is 1.13 bits per heavy atom. The summed E-state index contributed by atoms with van der Waals surface area (Å²) in [7, 11) is 3.85. The van der Waals surface area contributed by atoms with Gasteiger partial charge in [-0.1, -0.05) is 6.92 Å². The molecule has 0 aromatic rings. The highest BCUT2D eigenvalue weighted by atomic mass is 16.5. The summed E-state index contributed by atoms with van der Waals surface area (Å²) in [5.74, 6) is 0.675. The van der Waals surface area contributed by atoms with E-state index in [1.807, 2.05) is 14.2 Å². The fourth-order valence-corrected chi connectivity index (χ4v) is 5.49. The lowest BCUT2D eigenvalue weighted by Gasteiger charge is -2.45. The van der Waals surface area contributed by atoms with Gasteiger partial charge in [-0.05, 0) is 58.0 Å². The molecular formula is C22H44N6O2. The lowest BCUT2D eigenvalue weighted by atomic mass is 10.00. The van der Waals surface area contributed by atoms with E-state index in [2.05, 4.69) is 38.0 Å². The van der Waals surface area contributed by atoms with Crippen LogP contribution in [-0.4, -0.2) is 100 Å². The van der Waals surface area contributed by atoms with E-state index in [0.29, 0.717) is 18.1 Å². The molecule has 4 fully saturated rings. The Morgan fingerprint density at radius 2 is 2.00 bits per heavy atom. The predicted molar refractivity (Wildman–Crippen MR) is 119 cm³/mol. The third-order valence-corrected chi connectivity index (χ3v) is 7.23. The van der Waals surface area contributed by atoms with Crippen molar-refractivity contribution in [2.24, 2.45) is 5.92 Å². The van der Waals surface area contributed by atoms with Crippen molar-refractivity contribution in [1.82, 2.24) is 31.1 Å². The molecule has 5 unspecified atom stereocenters. The molecule has 3 saturated heterocycles. The lowest BCUT2D eigenvalue weighted by Crippen LogP contribution is -2.68. The van der Waals surface area contributed by atoms with E-state index in [9.17, 15) is 0 Å². The number of methoxy groups -OCH3 is 1. The highest BCUT2D eigenvalue weighted by Gasteiger charge is 2.39. The van der Waals surface area contributed by atoms with Gasteiger partial charge in [-0.25, -0.2) is 0 Å². The van der Waals surface area contributed by atoms with Gasteiger partial charge in [0.15, 0.2) is 0 Å². The Kier molecular flexibility index (Phi) is 8.39. The van der Waals surface area contributed by atoms with Crippen LogP contribution in [-0.2, 0) is 9.47 Å². The molecule has 4 rings (SSSR count). The van der Waals surface area contributed by atoms with Crippen LogP contribution < -0.4 is 21.3 Å². The molecule has 1 saturated carbocycles. The largest absolute Gasteiger partial charge is 0.374 e. The van der Waals surface area contributed by atoms with E-state index in [1.165, 1.54) is 32.4 Å². The Bertz CT molecular complexity index is 522. The first-order valence-electron chi connectivity index (χ1n) is 12.2. The zero-order valence-electron chi connectivity index (χ0n) is 19.2. The van der Waals surface area contributed by atoms with Crippen LogP contribution in [0.3, 0.4) is 0 Å². The molecule has 1 aliphatic carbocycles. The molecule has 4 N–H and O–H groups in total. The molecule has 8 heteroatoms. The standard InChI is InChI=1S/C22H44N6O2/c1-4-10-28-14-17(25-22-24-9-7-20(23-2)26-22)12-19(21(28)29-3)30-15-16-8-11-27(13-16)18-5-6-18/h16-26H,4-15H2,1-3H3/t16-,17?,19?,20?,21?,22?/m1/s1. The van der Waals surface area contributed by atoms with Crippen molar-refractivity contribution >= 4 is 0 Å². The first-order valence-corrected chi connectivity index (χ1v) is 12.2. The van der Waals surface area contributed by atoms with E-state index in [0.717, 1.165) is 51.5 Å². The van der Waals surface area contributed by atoms with E-state index < -0.39 is 0 Å². The second kappa shape index (κ2) is 11.0. The summed E-state index contributed by atoms with van der Waals surface area (Å²) in [5.41, 5.74) is 0. The summed E-state index contributed by atoms with van der Waals surface area (Å²) in [6, 6.07) is 1.25. The maximum absolute atomic E-state index is 6.57. The van der Waals surface area contributed by atoms with Crippen LogP contribution in [0.4, 0.5) is 0 Å². The average Bonchev–Trinajstić information content (AvgIpc) is 3.50. The number of rotatable bonds is 10. The molecule has 174 valence electrons. The summed E-state index contributed by atoms with van der Waals surface area (Å²) in [6.07, 6.45) is 7.95. The van der Waals surface area contributed by atoms with E-state index in [1.54, 1.807) is 0 Å². The van der Waals surface area contributed by atoms with Gasteiger partial charge in [0.2, 0.25) is 0 Å². The lowest BCUT2D eigenvalue weighted by molar-refractivity contribution is -0.161. The molecule has 0 spiro atoms. The maximum Gasteiger partial charge on any atom is 0.136 e. The molecule has 4 aliphatic rings. The number of likely N-dealkylation sites (tertiary alicyclic amines) is 2. The van der Waals surface area contributed by atoms with Gasteiger partial charge in [-0.2, -0.15) is 0 Å². The van der Waals surface area contributed by atoms with Gasteiger partial charge in [0.05, 0.1) is 18.9 Å². The predicted octanol–water partition coefficient (Wildman–Crippen LogP) is 0.314. The van der Waals surface area contributed by atoms with Crippen LogP contribution in [0.25, 0.3) is 0 Å². The summed E-state index contributed by atoms with van der Waals surface area (Å²) in [4.78, 5) is 5.14. The fourth-order valence-electron chi connectivity index (χ4n) is 5.49. The molecular weight excluding hydrogens is 380 g/mol. The molecule has 0 amide bonds. The molecule has 0 bridgehead atoms. The number of hydrogen-bond acceptors (Lipinski definition) is 8. The third-order valence-electron chi connectivity index (χ3n) is 7.23. The quantitative estimate of drug-likeness (QED) is 0.400. The van der Waals surface area contributed by atoms with Crippen molar-refractivity contribution in [2.75, 3.05) is 53.5 Å². The average molecular weight is 425 g/mol. The van der Waals surface area contributed by atoms with Crippen LogP contribution >= 0.6 is 0 Å². The monoisotopic (exact) mass is 424 g/mol. The van der Waals surface area contributed by atoms with Gasteiger partial charge >= 0.3 is 0 Å². The van der Waals surface area contributed by atoms with Gasteiger partial charge in [0.25, 0.3) is 0 Å². The molecule has 6 atom stereocenters. The molecule has 0 radical (unpaired) electrons. The minimum atomic E-state index is 0.0567. The summed E-state index contributed by atoms with van der Waals surface area (Å²) in [6.45, 7) is 8.64. The molecule has 0 aromatic heterocycles. The highest BCUT2D eigenvalue weighted by molar-refractivity contribution is 4.92. The van der Waals surface area contributed by atoms with E-state index >= 15 is 0 Å². The number of piperidine rings is 1. The zero-order chi connectivity index (χ0) is 20.9. The summed E-state index contributed by atoms with van der Waals surface area (Å²) < 4.78 is 12.5. The Hall–Kier alpha value is -0.320. The van der Waals surface area contributed by atoms with Crippen LogP contribution in [0, 0.1) is 5.92 Å². The molecule has 30 heavy (non-hydrogen) atoms. The fraction of sp³-hybridized carbons (Fsp3) is 1.00. The van der Waals surface area contributed by atoms with Crippen LogP contribution in [0.1, 0.15) is 45.4 Å². The number of hydrogen-bond donors (Lipinski definition) is 4. The SMILES string of the molecule is CCCN1CC(NC2NCCC(NC)N2)CC(OC[C@@H]2CCN(C3CC3)C2)C1OC. The van der Waals surface area contributed by atoms with Gasteiger partial charge in [-0.15, -0.1) is 0 Å². The normalized spacial score (nSPS) is 38.9. The summed E-state index contributed by atoms with van der Waals surface area (Å²) in [5, 5.41) is 14.3. The minimum Gasteiger partial charge on any atom is -0.374 e. The van der Waals surface area contributed by atoms with Crippen molar-refractivity contribution in [3.8, 4) is 0 Å². The van der Waals surface area contributed by atoms with Gasteiger partial charge in [0, 0.05) is 45.4 Å². The Balaban J connectivity index is 1.32. The van der Waals surface area contributed by atoms with Crippen LogP contribution in [0.5, 0.6) is 0 Å². The Morgan fingerprint density at radius 3 is 2.73 bits per heavy atom. The van der Waals surface area contributed by atoms with Crippen molar-refractivity contribution in [2.45, 2.75) is 82.3 Å². The van der Waals surface area contributed by atoms with E-state index in [-0.39, 0.29) is 18.6 Å². The topological polar surface area (TPSA) is 73.1 Å². The van der Waals surface area contributed by atoms with Gasteiger partial charge in [0.1, 0.15) is 12.5 Å². The number of nitrogens with one attached hydrogen (secondary N) is 4. The third kappa shape index (κ3) is 5.92. The first kappa shape index (κ1) is 22.9. The second-order valence-corrected chi connectivity index (χ2v) is 9.66. The van der Waals surface area contributed by atoms with Gasteiger partial charge in [-0.3, -0.25) is 20.9 Å². The first-order chi connectivity index (χ1) is 14.7. The Labute approximate surface area is 182 Å². The van der Waals surface area contributed by atoms with Crippen molar-refractivity contribution < 1.29 is 9.47 Å². The van der Waals surface area contributed by atoms with Crippen LogP contribution in [0.15, 0.2) is 0 Å². The zero-order valence-corrected chi connectivity index (χ0v) is 19.2. The molecule has 3 heterocycles. The van der Waals surface area contributed by atoms with Crippen LogP contribution in [0.2, 0.25) is 0 Å². The number of nitrogens with zero attached hydrogens (tertiary/aromatic N) is 2. The smallest absolute Gasteiger partial charge is 0.136 e. The summed E-state index contributed by atoms with van der Waals surface area (Å²) >= 11 is 0. The maximum atomic E-state index is 6.57. The van der Waals surface area contributed by atoms with Crippen molar-refractivity contribution in [3.05, 3.63) is 0 Å². The van der Waals surface area contributed by atoms with Gasteiger partial charge < -0.3 is 19.7 Å².